The lowest BCUT2D eigenvalue weighted by Crippen LogP contribution is -2.07. The van der Waals surface area contributed by atoms with Gasteiger partial charge in [-0.1, -0.05) is 22.0 Å². The van der Waals surface area contributed by atoms with E-state index in [1.54, 1.807) is 6.07 Å². The Bertz CT molecular complexity index is 389. The molecule has 0 aromatic heterocycles. The van der Waals surface area contributed by atoms with E-state index in [1.165, 1.54) is 12.1 Å². The molecular formula is C10H9BrF3N. The molecule has 2 atom stereocenters. The van der Waals surface area contributed by atoms with Crippen molar-refractivity contribution in [1.29, 1.82) is 0 Å². The van der Waals surface area contributed by atoms with Gasteiger partial charge in [-0.15, -0.1) is 0 Å². The quantitative estimate of drug-likeness (QED) is 0.839. The van der Waals surface area contributed by atoms with E-state index in [9.17, 15) is 13.2 Å². The summed E-state index contributed by atoms with van der Waals surface area (Å²) in [7, 11) is 0. The number of hydrogen-bond acceptors (Lipinski definition) is 1. The van der Waals surface area contributed by atoms with Gasteiger partial charge in [-0.2, -0.15) is 13.2 Å². The Labute approximate surface area is 93.6 Å². The molecule has 1 aromatic carbocycles. The second-order valence-electron chi connectivity index (χ2n) is 3.74. The molecule has 0 heterocycles. The molecule has 15 heavy (non-hydrogen) atoms. The second-order valence-corrected chi connectivity index (χ2v) is 4.60. The van der Waals surface area contributed by atoms with Crippen molar-refractivity contribution in [2.45, 2.75) is 24.6 Å². The SMILES string of the molecule is N[C@@H]1C[C@H]1c1ccc(Br)c(C(F)(F)F)c1. The average Bonchev–Trinajstić information content (AvgIpc) is 2.81. The molecule has 0 unspecified atom stereocenters. The molecule has 0 radical (unpaired) electrons. The van der Waals surface area contributed by atoms with Crippen LogP contribution in [0.25, 0.3) is 0 Å². The highest BCUT2D eigenvalue weighted by atomic mass is 79.9. The number of hydrogen-bond donors (Lipinski definition) is 1. The smallest absolute Gasteiger partial charge is 0.327 e. The molecule has 1 aliphatic carbocycles. The van der Waals surface area contributed by atoms with Gasteiger partial charge in [0.1, 0.15) is 0 Å². The van der Waals surface area contributed by atoms with Crippen molar-refractivity contribution in [2.24, 2.45) is 5.73 Å². The Morgan fingerprint density at radius 1 is 1.33 bits per heavy atom. The van der Waals surface area contributed by atoms with Crippen molar-refractivity contribution in [3.05, 3.63) is 33.8 Å². The molecule has 82 valence electrons. The Morgan fingerprint density at radius 3 is 2.40 bits per heavy atom. The fraction of sp³-hybridized carbons (Fsp3) is 0.400. The highest BCUT2D eigenvalue weighted by Gasteiger charge is 2.38. The lowest BCUT2D eigenvalue weighted by molar-refractivity contribution is -0.138. The van der Waals surface area contributed by atoms with Crippen LogP contribution in [0.2, 0.25) is 0 Å². The van der Waals surface area contributed by atoms with E-state index >= 15 is 0 Å². The van der Waals surface area contributed by atoms with E-state index in [4.69, 9.17) is 5.73 Å². The molecule has 0 aliphatic heterocycles. The van der Waals surface area contributed by atoms with E-state index < -0.39 is 11.7 Å². The van der Waals surface area contributed by atoms with Gasteiger partial charge < -0.3 is 5.73 Å². The van der Waals surface area contributed by atoms with Crippen LogP contribution in [-0.4, -0.2) is 6.04 Å². The molecule has 2 rings (SSSR count). The van der Waals surface area contributed by atoms with E-state index in [-0.39, 0.29) is 16.4 Å². The van der Waals surface area contributed by atoms with Crippen molar-refractivity contribution in [3.8, 4) is 0 Å². The van der Waals surface area contributed by atoms with Crippen LogP contribution < -0.4 is 5.73 Å². The number of halogens is 4. The summed E-state index contributed by atoms with van der Waals surface area (Å²) >= 11 is 2.90. The van der Waals surface area contributed by atoms with E-state index in [2.05, 4.69) is 15.9 Å². The van der Waals surface area contributed by atoms with E-state index in [1.807, 2.05) is 0 Å². The predicted molar refractivity (Wildman–Crippen MR) is 54.5 cm³/mol. The van der Waals surface area contributed by atoms with Gasteiger partial charge in [0.25, 0.3) is 0 Å². The summed E-state index contributed by atoms with van der Waals surface area (Å²) in [5.41, 5.74) is 5.66. The van der Waals surface area contributed by atoms with Crippen LogP contribution in [0.15, 0.2) is 22.7 Å². The lowest BCUT2D eigenvalue weighted by atomic mass is 10.1. The standard InChI is InChI=1S/C10H9BrF3N/c11-8-2-1-5(6-4-9(6)15)3-7(8)10(12,13)14/h1-3,6,9H,4,15H2/t6-,9+/m0/s1. The van der Waals surface area contributed by atoms with Gasteiger partial charge in [0.2, 0.25) is 0 Å². The molecule has 1 nitrogen and oxygen atoms in total. The molecule has 1 aromatic rings. The maximum atomic E-state index is 12.5. The summed E-state index contributed by atoms with van der Waals surface area (Å²) in [4.78, 5) is 0. The highest BCUT2D eigenvalue weighted by molar-refractivity contribution is 9.10. The Balaban J connectivity index is 2.37. The van der Waals surface area contributed by atoms with Crippen LogP contribution in [0.1, 0.15) is 23.5 Å². The summed E-state index contributed by atoms with van der Waals surface area (Å²) in [6.07, 6.45) is -3.53. The summed E-state index contributed by atoms with van der Waals surface area (Å²) < 4.78 is 37.7. The van der Waals surface area contributed by atoms with Crippen molar-refractivity contribution in [1.82, 2.24) is 0 Å². The molecule has 1 fully saturated rings. The minimum atomic E-state index is -4.31. The van der Waals surface area contributed by atoms with Gasteiger partial charge in [0, 0.05) is 16.4 Å². The van der Waals surface area contributed by atoms with Crippen molar-refractivity contribution in [3.63, 3.8) is 0 Å². The van der Waals surface area contributed by atoms with Crippen molar-refractivity contribution >= 4 is 15.9 Å². The number of alkyl halides is 3. The van der Waals surface area contributed by atoms with Crippen LogP contribution in [-0.2, 0) is 6.18 Å². The van der Waals surface area contributed by atoms with Crippen LogP contribution >= 0.6 is 15.9 Å². The monoisotopic (exact) mass is 279 g/mol. The fourth-order valence-corrected chi connectivity index (χ4v) is 2.06. The number of nitrogens with two attached hydrogens (primary N) is 1. The summed E-state index contributed by atoms with van der Waals surface area (Å²) in [6.45, 7) is 0. The summed E-state index contributed by atoms with van der Waals surface area (Å²) in [5, 5.41) is 0. The first-order valence-electron chi connectivity index (χ1n) is 4.52. The molecular weight excluding hydrogens is 271 g/mol. The molecule has 2 N–H and O–H groups in total. The minimum absolute atomic E-state index is 0.0206. The summed E-state index contributed by atoms with van der Waals surface area (Å²) in [6, 6.07) is 4.33. The predicted octanol–water partition coefficient (Wildman–Crippen LogP) is 3.28. The molecule has 0 amide bonds. The highest BCUT2D eigenvalue weighted by Crippen LogP contribution is 2.42. The van der Waals surface area contributed by atoms with Crippen LogP contribution in [0.4, 0.5) is 13.2 Å². The first-order valence-corrected chi connectivity index (χ1v) is 5.31. The lowest BCUT2D eigenvalue weighted by Gasteiger charge is -2.10. The first-order chi connectivity index (χ1) is 6.89. The average molecular weight is 280 g/mol. The maximum absolute atomic E-state index is 12.5. The van der Waals surface area contributed by atoms with Crippen LogP contribution in [0.3, 0.4) is 0 Å². The van der Waals surface area contributed by atoms with E-state index in [0.29, 0.717) is 5.56 Å². The molecule has 0 bridgehead atoms. The first kappa shape index (κ1) is 11.0. The zero-order valence-corrected chi connectivity index (χ0v) is 9.27. The van der Waals surface area contributed by atoms with E-state index in [0.717, 1.165) is 6.42 Å². The summed E-state index contributed by atoms with van der Waals surface area (Å²) in [5.74, 6) is 0.0965. The van der Waals surface area contributed by atoms with Gasteiger partial charge in [0.15, 0.2) is 0 Å². The van der Waals surface area contributed by atoms with Crippen molar-refractivity contribution < 1.29 is 13.2 Å². The molecule has 1 saturated carbocycles. The van der Waals surface area contributed by atoms with Gasteiger partial charge in [-0.3, -0.25) is 0 Å². The third-order valence-electron chi connectivity index (χ3n) is 2.56. The normalized spacial score (nSPS) is 25.4. The fourth-order valence-electron chi connectivity index (χ4n) is 1.59. The molecule has 5 heteroatoms. The molecule has 0 saturated heterocycles. The van der Waals surface area contributed by atoms with Gasteiger partial charge >= 0.3 is 6.18 Å². The Hall–Kier alpha value is -0.550. The zero-order valence-electron chi connectivity index (χ0n) is 7.68. The van der Waals surface area contributed by atoms with Crippen LogP contribution in [0, 0.1) is 0 Å². The number of rotatable bonds is 1. The molecule has 0 spiro atoms. The zero-order chi connectivity index (χ0) is 11.2. The Kier molecular flexibility index (Phi) is 2.55. The minimum Gasteiger partial charge on any atom is -0.327 e. The van der Waals surface area contributed by atoms with Gasteiger partial charge in [-0.25, -0.2) is 0 Å². The van der Waals surface area contributed by atoms with Gasteiger partial charge in [0.05, 0.1) is 5.56 Å². The number of benzene rings is 1. The third-order valence-corrected chi connectivity index (χ3v) is 3.26. The van der Waals surface area contributed by atoms with Gasteiger partial charge in [-0.05, 0) is 24.1 Å². The third kappa shape index (κ3) is 2.18. The topological polar surface area (TPSA) is 26.0 Å². The van der Waals surface area contributed by atoms with Crippen molar-refractivity contribution in [2.75, 3.05) is 0 Å². The maximum Gasteiger partial charge on any atom is 0.417 e. The molecule has 1 aliphatic rings. The Morgan fingerprint density at radius 2 is 1.93 bits per heavy atom. The van der Waals surface area contributed by atoms with Crippen LogP contribution in [0.5, 0.6) is 0 Å². The second kappa shape index (κ2) is 3.49. The largest absolute Gasteiger partial charge is 0.417 e.